The molecule has 0 radical (unpaired) electrons. The summed E-state index contributed by atoms with van der Waals surface area (Å²) >= 11 is 0. The SMILES string of the molecule is COc1cccc(CC(O)C(C)c2ccccc2)c1. The van der Waals surface area contributed by atoms with Crippen LogP contribution in [0.2, 0.25) is 0 Å². The molecule has 0 saturated heterocycles. The van der Waals surface area contributed by atoms with Gasteiger partial charge in [0.2, 0.25) is 0 Å². The van der Waals surface area contributed by atoms with Gasteiger partial charge < -0.3 is 9.84 Å². The van der Waals surface area contributed by atoms with E-state index in [4.69, 9.17) is 4.74 Å². The molecule has 2 unspecified atom stereocenters. The molecule has 0 fully saturated rings. The molecule has 0 bridgehead atoms. The van der Waals surface area contributed by atoms with Crippen LogP contribution < -0.4 is 4.74 Å². The molecule has 1 N–H and O–H groups in total. The van der Waals surface area contributed by atoms with E-state index >= 15 is 0 Å². The largest absolute Gasteiger partial charge is 0.497 e. The van der Waals surface area contributed by atoms with Gasteiger partial charge in [-0.05, 0) is 29.7 Å². The second-order valence-corrected chi connectivity index (χ2v) is 4.82. The molecule has 0 aliphatic rings. The first-order valence-corrected chi connectivity index (χ1v) is 6.56. The molecule has 0 aromatic heterocycles. The zero-order valence-electron chi connectivity index (χ0n) is 11.4. The number of hydrogen-bond donors (Lipinski definition) is 1. The van der Waals surface area contributed by atoms with Crippen LogP contribution in [0.15, 0.2) is 54.6 Å². The van der Waals surface area contributed by atoms with E-state index in [2.05, 4.69) is 19.1 Å². The number of methoxy groups -OCH3 is 1. The molecule has 0 amide bonds. The zero-order chi connectivity index (χ0) is 13.7. The Morgan fingerprint density at radius 1 is 1.05 bits per heavy atom. The highest BCUT2D eigenvalue weighted by molar-refractivity contribution is 5.29. The summed E-state index contributed by atoms with van der Waals surface area (Å²) in [5.74, 6) is 0.949. The lowest BCUT2D eigenvalue weighted by Crippen LogP contribution is -2.18. The van der Waals surface area contributed by atoms with Gasteiger partial charge in [0.25, 0.3) is 0 Å². The molecular weight excluding hydrogens is 236 g/mol. The molecule has 0 aliphatic carbocycles. The molecule has 100 valence electrons. The van der Waals surface area contributed by atoms with Gasteiger partial charge in [-0.15, -0.1) is 0 Å². The fourth-order valence-corrected chi connectivity index (χ4v) is 2.20. The van der Waals surface area contributed by atoms with Crippen LogP contribution in [0, 0.1) is 0 Å². The summed E-state index contributed by atoms with van der Waals surface area (Å²) < 4.78 is 5.20. The second kappa shape index (κ2) is 6.39. The maximum atomic E-state index is 10.3. The standard InChI is InChI=1S/C17H20O2/c1-13(15-8-4-3-5-9-15)17(18)12-14-7-6-10-16(11-14)19-2/h3-11,13,17-18H,12H2,1-2H3. The average Bonchev–Trinajstić information content (AvgIpc) is 2.47. The summed E-state index contributed by atoms with van der Waals surface area (Å²) in [6, 6.07) is 18.0. The number of hydrogen-bond acceptors (Lipinski definition) is 2. The number of rotatable bonds is 5. The van der Waals surface area contributed by atoms with E-state index < -0.39 is 6.10 Å². The molecular formula is C17H20O2. The minimum absolute atomic E-state index is 0.118. The van der Waals surface area contributed by atoms with Crippen molar-refractivity contribution in [1.82, 2.24) is 0 Å². The molecule has 2 aromatic rings. The third kappa shape index (κ3) is 3.58. The molecule has 0 heterocycles. The monoisotopic (exact) mass is 256 g/mol. The van der Waals surface area contributed by atoms with E-state index in [0.29, 0.717) is 6.42 Å². The van der Waals surface area contributed by atoms with Gasteiger partial charge in [-0.1, -0.05) is 49.4 Å². The third-order valence-corrected chi connectivity index (χ3v) is 3.48. The first kappa shape index (κ1) is 13.6. The van der Waals surface area contributed by atoms with Crippen LogP contribution in [0.1, 0.15) is 24.0 Å². The Morgan fingerprint density at radius 3 is 2.47 bits per heavy atom. The molecule has 0 spiro atoms. The molecule has 2 aromatic carbocycles. The smallest absolute Gasteiger partial charge is 0.119 e. The first-order valence-electron chi connectivity index (χ1n) is 6.56. The highest BCUT2D eigenvalue weighted by Gasteiger charge is 2.16. The van der Waals surface area contributed by atoms with Crippen molar-refractivity contribution in [3.05, 3.63) is 65.7 Å². The van der Waals surface area contributed by atoms with E-state index in [9.17, 15) is 5.11 Å². The molecule has 2 nitrogen and oxygen atoms in total. The maximum Gasteiger partial charge on any atom is 0.119 e. The van der Waals surface area contributed by atoms with Crippen molar-refractivity contribution in [2.75, 3.05) is 7.11 Å². The van der Waals surface area contributed by atoms with E-state index in [0.717, 1.165) is 16.9 Å². The van der Waals surface area contributed by atoms with Crippen LogP contribution in [0.3, 0.4) is 0 Å². The summed E-state index contributed by atoms with van der Waals surface area (Å²) in [6.07, 6.45) is 0.238. The summed E-state index contributed by atoms with van der Waals surface area (Å²) in [7, 11) is 1.65. The van der Waals surface area contributed by atoms with Crippen LogP contribution in [-0.2, 0) is 6.42 Å². The van der Waals surface area contributed by atoms with Gasteiger partial charge in [0.1, 0.15) is 5.75 Å². The van der Waals surface area contributed by atoms with Crippen molar-refractivity contribution in [3.63, 3.8) is 0 Å². The Kier molecular flexibility index (Phi) is 4.58. The Morgan fingerprint density at radius 2 is 1.79 bits per heavy atom. The number of ether oxygens (including phenoxy) is 1. The van der Waals surface area contributed by atoms with Gasteiger partial charge in [-0.25, -0.2) is 0 Å². The van der Waals surface area contributed by atoms with Crippen LogP contribution >= 0.6 is 0 Å². The Bertz CT molecular complexity index is 508. The van der Waals surface area contributed by atoms with Crippen molar-refractivity contribution >= 4 is 0 Å². The second-order valence-electron chi connectivity index (χ2n) is 4.82. The minimum Gasteiger partial charge on any atom is -0.497 e. The molecule has 2 rings (SSSR count). The number of aliphatic hydroxyl groups excluding tert-OH is 1. The van der Waals surface area contributed by atoms with E-state index in [1.807, 2.05) is 42.5 Å². The minimum atomic E-state index is -0.394. The summed E-state index contributed by atoms with van der Waals surface area (Å²) in [5.41, 5.74) is 2.26. The highest BCUT2D eigenvalue weighted by atomic mass is 16.5. The van der Waals surface area contributed by atoms with Gasteiger partial charge in [0.05, 0.1) is 13.2 Å². The maximum absolute atomic E-state index is 10.3. The van der Waals surface area contributed by atoms with Gasteiger partial charge in [-0.3, -0.25) is 0 Å². The number of aliphatic hydroxyl groups is 1. The molecule has 19 heavy (non-hydrogen) atoms. The fourth-order valence-electron chi connectivity index (χ4n) is 2.20. The molecule has 0 aliphatic heterocycles. The summed E-state index contributed by atoms with van der Waals surface area (Å²) in [4.78, 5) is 0. The van der Waals surface area contributed by atoms with Crippen molar-refractivity contribution < 1.29 is 9.84 Å². The van der Waals surface area contributed by atoms with Crippen molar-refractivity contribution in [2.45, 2.75) is 25.4 Å². The Labute approximate surface area is 114 Å². The molecule has 2 heteroatoms. The summed E-state index contributed by atoms with van der Waals surface area (Å²) in [6.45, 7) is 2.06. The van der Waals surface area contributed by atoms with Crippen molar-refractivity contribution in [2.24, 2.45) is 0 Å². The lowest BCUT2D eigenvalue weighted by molar-refractivity contribution is 0.149. The van der Waals surface area contributed by atoms with Crippen LogP contribution in [0.5, 0.6) is 5.75 Å². The fraction of sp³-hybridized carbons (Fsp3) is 0.294. The topological polar surface area (TPSA) is 29.5 Å². The quantitative estimate of drug-likeness (QED) is 0.888. The highest BCUT2D eigenvalue weighted by Crippen LogP contribution is 2.23. The zero-order valence-corrected chi connectivity index (χ0v) is 11.4. The van der Waals surface area contributed by atoms with Gasteiger partial charge in [0, 0.05) is 5.92 Å². The lowest BCUT2D eigenvalue weighted by atomic mass is 9.91. The van der Waals surface area contributed by atoms with Gasteiger partial charge >= 0.3 is 0 Å². The first-order chi connectivity index (χ1) is 9.20. The van der Waals surface area contributed by atoms with Crippen LogP contribution in [0.25, 0.3) is 0 Å². The van der Waals surface area contributed by atoms with Crippen LogP contribution in [0.4, 0.5) is 0 Å². The van der Waals surface area contributed by atoms with E-state index in [1.165, 1.54) is 0 Å². The van der Waals surface area contributed by atoms with Gasteiger partial charge in [-0.2, -0.15) is 0 Å². The lowest BCUT2D eigenvalue weighted by Gasteiger charge is -2.19. The predicted octanol–water partition coefficient (Wildman–Crippen LogP) is 3.40. The predicted molar refractivity (Wildman–Crippen MR) is 77.6 cm³/mol. The Hall–Kier alpha value is -1.80. The summed E-state index contributed by atoms with van der Waals surface area (Å²) in [5, 5.41) is 10.3. The molecule has 2 atom stereocenters. The molecule has 0 saturated carbocycles. The van der Waals surface area contributed by atoms with E-state index in [1.54, 1.807) is 7.11 Å². The average molecular weight is 256 g/mol. The third-order valence-electron chi connectivity index (χ3n) is 3.48. The van der Waals surface area contributed by atoms with Crippen molar-refractivity contribution in [3.8, 4) is 5.75 Å². The van der Waals surface area contributed by atoms with Gasteiger partial charge in [0.15, 0.2) is 0 Å². The normalized spacial score (nSPS) is 13.8. The van der Waals surface area contributed by atoms with Crippen LogP contribution in [-0.4, -0.2) is 18.3 Å². The van der Waals surface area contributed by atoms with Crippen molar-refractivity contribution in [1.29, 1.82) is 0 Å². The number of benzene rings is 2. The Balaban J connectivity index is 2.06. The van der Waals surface area contributed by atoms with E-state index in [-0.39, 0.29) is 5.92 Å².